The van der Waals surface area contributed by atoms with Crippen molar-refractivity contribution in [3.8, 4) is 11.4 Å². The summed E-state index contributed by atoms with van der Waals surface area (Å²) < 4.78 is 1.91. The van der Waals surface area contributed by atoms with Crippen molar-refractivity contribution in [2.75, 3.05) is 5.75 Å². The standard InChI is InChI=1S/C19H25ClN4OS/c1-12-5-4-6-16(13(12)2)21-17(25)11-26-19-23-22-18(24(19)3)14-7-9-15(20)10-8-14/h7-10,12-13,16H,4-6,11H2,1-3H3,(H,21,25)/t12-,13+,16-/m0/s1. The predicted molar refractivity (Wildman–Crippen MR) is 106 cm³/mol. The van der Waals surface area contributed by atoms with Crippen molar-refractivity contribution in [2.45, 2.75) is 44.3 Å². The first-order valence-electron chi connectivity index (χ1n) is 9.03. The van der Waals surface area contributed by atoms with Crippen LogP contribution in [0.4, 0.5) is 0 Å². The summed E-state index contributed by atoms with van der Waals surface area (Å²) >= 11 is 7.35. The summed E-state index contributed by atoms with van der Waals surface area (Å²) in [5.41, 5.74) is 0.950. The van der Waals surface area contributed by atoms with Crippen LogP contribution in [0.1, 0.15) is 33.1 Å². The second kappa shape index (κ2) is 8.44. The zero-order chi connectivity index (χ0) is 18.7. The summed E-state index contributed by atoms with van der Waals surface area (Å²) in [6.45, 7) is 4.51. The summed E-state index contributed by atoms with van der Waals surface area (Å²) in [7, 11) is 1.91. The number of halogens is 1. The van der Waals surface area contributed by atoms with Gasteiger partial charge in [0.2, 0.25) is 5.91 Å². The van der Waals surface area contributed by atoms with Crippen molar-refractivity contribution in [3.63, 3.8) is 0 Å². The Balaban J connectivity index is 1.58. The molecule has 0 unspecified atom stereocenters. The monoisotopic (exact) mass is 392 g/mol. The van der Waals surface area contributed by atoms with Crippen LogP contribution in [0.15, 0.2) is 29.4 Å². The van der Waals surface area contributed by atoms with E-state index < -0.39 is 0 Å². The minimum Gasteiger partial charge on any atom is -0.352 e. The fraction of sp³-hybridized carbons (Fsp3) is 0.526. The fourth-order valence-electron chi connectivity index (χ4n) is 3.46. The second-order valence-electron chi connectivity index (χ2n) is 7.10. The molecular weight excluding hydrogens is 368 g/mol. The summed E-state index contributed by atoms with van der Waals surface area (Å²) in [4.78, 5) is 12.4. The first-order valence-corrected chi connectivity index (χ1v) is 10.4. The minimum atomic E-state index is 0.0667. The number of carbonyl (C=O) groups is 1. The predicted octanol–water partition coefficient (Wildman–Crippen LogP) is 4.17. The Morgan fingerprint density at radius 1 is 1.27 bits per heavy atom. The molecule has 1 fully saturated rings. The maximum Gasteiger partial charge on any atom is 0.230 e. The van der Waals surface area contributed by atoms with Crippen molar-refractivity contribution >= 4 is 29.3 Å². The number of rotatable bonds is 5. The van der Waals surface area contributed by atoms with Gasteiger partial charge in [-0.25, -0.2) is 0 Å². The van der Waals surface area contributed by atoms with Gasteiger partial charge in [-0.15, -0.1) is 10.2 Å². The normalized spacial score (nSPS) is 23.0. The average molecular weight is 393 g/mol. The van der Waals surface area contributed by atoms with Gasteiger partial charge < -0.3 is 9.88 Å². The van der Waals surface area contributed by atoms with Gasteiger partial charge in [0.15, 0.2) is 11.0 Å². The molecule has 0 bridgehead atoms. The van der Waals surface area contributed by atoms with E-state index in [0.29, 0.717) is 22.6 Å². The Hall–Kier alpha value is -1.53. The van der Waals surface area contributed by atoms with Crippen LogP contribution in [0, 0.1) is 11.8 Å². The van der Waals surface area contributed by atoms with Crippen LogP contribution in [0.2, 0.25) is 5.02 Å². The van der Waals surface area contributed by atoms with Gasteiger partial charge in [0, 0.05) is 23.7 Å². The van der Waals surface area contributed by atoms with Crippen molar-refractivity contribution < 1.29 is 4.79 Å². The molecule has 1 aromatic carbocycles. The number of nitrogens with one attached hydrogen (secondary N) is 1. The Bertz CT molecular complexity index is 761. The minimum absolute atomic E-state index is 0.0667. The summed E-state index contributed by atoms with van der Waals surface area (Å²) in [5.74, 6) is 2.38. The maximum atomic E-state index is 12.4. The largest absolute Gasteiger partial charge is 0.352 e. The lowest BCUT2D eigenvalue weighted by Crippen LogP contribution is -2.44. The first kappa shape index (κ1) is 19.2. The number of aromatic nitrogens is 3. The van der Waals surface area contributed by atoms with Gasteiger partial charge in [-0.1, -0.05) is 50.1 Å². The molecule has 1 N–H and O–H groups in total. The number of nitrogens with zero attached hydrogens (tertiary/aromatic N) is 3. The maximum absolute atomic E-state index is 12.4. The van der Waals surface area contributed by atoms with Crippen LogP contribution >= 0.6 is 23.4 Å². The molecule has 3 atom stereocenters. The van der Waals surface area contributed by atoms with Gasteiger partial charge in [0.05, 0.1) is 5.75 Å². The van der Waals surface area contributed by atoms with E-state index in [0.717, 1.165) is 23.0 Å². The zero-order valence-electron chi connectivity index (χ0n) is 15.4. The second-order valence-corrected chi connectivity index (χ2v) is 8.48. The van der Waals surface area contributed by atoms with Crippen LogP contribution in [0.25, 0.3) is 11.4 Å². The Kier molecular flexibility index (Phi) is 6.24. The molecule has 5 nitrogen and oxygen atoms in total. The molecule has 1 heterocycles. The molecule has 0 aliphatic heterocycles. The lowest BCUT2D eigenvalue weighted by molar-refractivity contribution is -0.120. The van der Waals surface area contributed by atoms with Crippen molar-refractivity contribution in [3.05, 3.63) is 29.3 Å². The van der Waals surface area contributed by atoms with E-state index in [1.165, 1.54) is 24.6 Å². The van der Waals surface area contributed by atoms with Crippen LogP contribution in [0.3, 0.4) is 0 Å². The van der Waals surface area contributed by atoms with Gasteiger partial charge in [-0.3, -0.25) is 4.79 Å². The highest BCUT2D eigenvalue weighted by Gasteiger charge is 2.28. The molecule has 140 valence electrons. The SMILES string of the molecule is C[C@H]1[C@@H](NC(=O)CSc2nnc(-c3ccc(Cl)cc3)n2C)CCC[C@@H]1C. The van der Waals surface area contributed by atoms with Gasteiger partial charge in [-0.05, 0) is 42.5 Å². The molecule has 1 amide bonds. The molecule has 7 heteroatoms. The van der Waals surface area contributed by atoms with Crippen molar-refractivity contribution in [2.24, 2.45) is 18.9 Å². The summed E-state index contributed by atoms with van der Waals surface area (Å²) in [6, 6.07) is 7.78. The Morgan fingerprint density at radius 2 is 2.00 bits per heavy atom. The molecule has 0 radical (unpaired) electrons. The van der Waals surface area contributed by atoms with Gasteiger partial charge in [0.1, 0.15) is 0 Å². The molecule has 1 aromatic heterocycles. The Labute approximate surface area is 163 Å². The van der Waals surface area contributed by atoms with E-state index in [2.05, 4.69) is 29.4 Å². The van der Waals surface area contributed by atoms with E-state index in [1.54, 1.807) is 0 Å². The highest BCUT2D eigenvalue weighted by Crippen LogP contribution is 2.30. The Morgan fingerprint density at radius 3 is 2.73 bits per heavy atom. The topological polar surface area (TPSA) is 59.8 Å². The highest BCUT2D eigenvalue weighted by atomic mass is 35.5. The number of benzene rings is 1. The van der Waals surface area contributed by atoms with Gasteiger partial charge in [-0.2, -0.15) is 0 Å². The molecule has 1 saturated carbocycles. The van der Waals surface area contributed by atoms with Crippen LogP contribution in [-0.4, -0.2) is 32.5 Å². The third kappa shape index (κ3) is 4.41. The number of carbonyl (C=O) groups excluding carboxylic acids is 1. The van der Waals surface area contributed by atoms with E-state index in [9.17, 15) is 4.79 Å². The van der Waals surface area contributed by atoms with Gasteiger partial charge in [0.25, 0.3) is 0 Å². The number of hydrogen-bond donors (Lipinski definition) is 1. The van der Waals surface area contributed by atoms with E-state index in [4.69, 9.17) is 11.6 Å². The zero-order valence-corrected chi connectivity index (χ0v) is 17.0. The molecule has 26 heavy (non-hydrogen) atoms. The van der Waals surface area contributed by atoms with Crippen molar-refractivity contribution in [1.29, 1.82) is 0 Å². The average Bonchev–Trinajstić information content (AvgIpc) is 2.99. The highest BCUT2D eigenvalue weighted by molar-refractivity contribution is 7.99. The molecule has 3 rings (SSSR count). The van der Waals surface area contributed by atoms with E-state index in [-0.39, 0.29) is 11.9 Å². The smallest absolute Gasteiger partial charge is 0.230 e. The summed E-state index contributed by atoms with van der Waals surface area (Å²) in [5, 5.41) is 13.1. The van der Waals surface area contributed by atoms with E-state index in [1.807, 2.05) is 35.9 Å². The first-order chi connectivity index (χ1) is 12.5. The lowest BCUT2D eigenvalue weighted by atomic mass is 9.78. The number of amides is 1. The van der Waals surface area contributed by atoms with Crippen LogP contribution in [0.5, 0.6) is 0 Å². The van der Waals surface area contributed by atoms with Crippen molar-refractivity contribution in [1.82, 2.24) is 20.1 Å². The molecule has 2 aromatic rings. The lowest BCUT2D eigenvalue weighted by Gasteiger charge is -2.34. The quantitative estimate of drug-likeness (QED) is 0.776. The van der Waals surface area contributed by atoms with E-state index >= 15 is 0 Å². The number of thioether (sulfide) groups is 1. The molecular formula is C19H25ClN4OS. The number of hydrogen-bond acceptors (Lipinski definition) is 4. The molecule has 1 aliphatic rings. The van der Waals surface area contributed by atoms with Gasteiger partial charge >= 0.3 is 0 Å². The molecule has 0 saturated heterocycles. The van der Waals surface area contributed by atoms with Crippen LogP contribution in [-0.2, 0) is 11.8 Å². The molecule has 1 aliphatic carbocycles. The third-order valence-electron chi connectivity index (χ3n) is 5.32. The summed E-state index contributed by atoms with van der Waals surface area (Å²) in [6.07, 6.45) is 3.53. The molecule has 0 spiro atoms. The fourth-order valence-corrected chi connectivity index (χ4v) is 4.30. The van der Waals surface area contributed by atoms with Crippen LogP contribution < -0.4 is 5.32 Å². The third-order valence-corrected chi connectivity index (χ3v) is 6.60.